The number of aromatic nitrogens is 2. The molecule has 0 N–H and O–H groups in total. The molecule has 0 unspecified atom stereocenters. The molecule has 2 aromatic heterocycles. The van der Waals surface area contributed by atoms with E-state index in [2.05, 4.69) is 33.1 Å². The molecule has 0 amide bonds. The summed E-state index contributed by atoms with van der Waals surface area (Å²) in [6.07, 6.45) is 7.41. The lowest BCUT2D eigenvalue weighted by atomic mass is 10.1. The van der Waals surface area contributed by atoms with Crippen molar-refractivity contribution in [3.05, 3.63) is 83.9 Å². The Bertz CT molecular complexity index is 783. The maximum absolute atomic E-state index is 5.66. The molecule has 0 spiro atoms. The third kappa shape index (κ3) is 3.78. The van der Waals surface area contributed by atoms with Crippen LogP contribution in [0.1, 0.15) is 16.7 Å². The number of nitrogens with zero attached hydrogens (tertiary/aromatic N) is 3. The van der Waals surface area contributed by atoms with Gasteiger partial charge in [-0.1, -0.05) is 24.3 Å². The quantitative estimate of drug-likeness (QED) is 0.692. The Morgan fingerprint density at radius 1 is 0.800 bits per heavy atom. The highest BCUT2D eigenvalue weighted by atomic mass is 16.7. The van der Waals surface area contributed by atoms with E-state index in [4.69, 9.17) is 9.47 Å². The number of para-hydroxylation sites is 1. The molecule has 0 saturated heterocycles. The van der Waals surface area contributed by atoms with Crippen molar-refractivity contribution in [3.63, 3.8) is 0 Å². The van der Waals surface area contributed by atoms with Crippen molar-refractivity contribution in [2.75, 3.05) is 6.79 Å². The molecule has 0 fully saturated rings. The molecule has 5 heteroatoms. The molecule has 0 radical (unpaired) electrons. The van der Waals surface area contributed by atoms with Gasteiger partial charge in [0.25, 0.3) is 0 Å². The Kier molecular flexibility index (Phi) is 4.57. The molecule has 0 bridgehead atoms. The predicted octanol–water partition coefficient (Wildman–Crippen LogP) is 3.41. The van der Waals surface area contributed by atoms with Crippen LogP contribution in [0.15, 0.2) is 67.3 Å². The van der Waals surface area contributed by atoms with Crippen molar-refractivity contribution in [1.29, 1.82) is 0 Å². The molecule has 4 rings (SSSR count). The first-order valence-electron chi connectivity index (χ1n) is 8.26. The van der Waals surface area contributed by atoms with Crippen LogP contribution >= 0.6 is 0 Å². The normalized spacial score (nSPS) is 12.5. The third-order valence-electron chi connectivity index (χ3n) is 4.13. The Balaban J connectivity index is 1.58. The number of ether oxygens (including phenoxy) is 2. The Morgan fingerprint density at radius 3 is 2.16 bits per heavy atom. The summed E-state index contributed by atoms with van der Waals surface area (Å²) in [4.78, 5) is 10.8. The summed E-state index contributed by atoms with van der Waals surface area (Å²) in [6, 6.07) is 14.2. The highest BCUT2D eigenvalue weighted by Gasteiger charge is 2.19. The number of fused-ring (bicyclic) bond motifs is 1. The summed E-state index contributed by atoms with van der Waals surface area (Å²) in [5.74, 6) is 1.67. The van der Waals surface area contributed by atoms with E-state index < -0.39 is 0 Å². The standard InChI is InChI=1S/C20H19N3O2/c1-6-18(20-19(7-1)24-15-25-20)14-23(12-16-4-2-8-21-10-16)13-17-5-3-9-22-11-17/h1-11H,12-15H2. The monoisotopic (exact) mass is 333 g/mol. The van der Waals surface area contributed by atoms with E-state index in [0.717, 1.165) is 36.7 Å². The summed E-state index contributed by atoms with van der Waals surface area (Å²) in [6.45, 7) is 2.65. The van der Waals surface area contributed by atoms with Gasteiger partial charge in [-0.3, -0.25) is 14.9 Å². The van der Waals surface area contributed by atoms with E-state index in [1.54, 1.807) is 12.4 Å². The Morgan fingerprint density at radius 2 is 1.52 bits per heavy atom. The van der Waals surface area contributed by atoms with Crippen molar-refractivity contribution in [3.8, 4) is 11.5 Å². The van der Waals surface area contributed by atoms with Crippen LogP contribution in [0, 0.1) is 0 Å². The second-order valence-electron chi connectivity index (χ2n) is 6.02. The lowest BCUT2D eigenvalue weighted by Gasteiger charge is -2.23. The summed E-state index contributed by atoms with van der Waals surface area (Å²) < 4.78 is 11.2. The summed E-state index contributed by atoms with van der Waals surface area (Å²) in [5, 5.41) is 0. The minimum Gasteiger partial charge on any atom is -0.454 e. The first-order valence-corrected chi connectivity index (χ1v) is 8.26. The number of hydrogen-bond acceptors (Lipinski definition) is 5. The highest BCUT2D eigenvalue weighted by Crippen LogP contribution is 2.36. The lowest BCUT2D eigenvalue weighted by Crippen LogP contribution is -2.22. The molecule has 0 atom stereocenters. The van der Waals surface area contributed by atoms with Gasteiger partial charge in [-0.2, -0.15) is 0 Å². The smallest absolute Gasteiger partial charge is 0.231 e. The minimum atomic E-state index is 0.289. The van der Waals surface area contributed by atoms with Gasteiger partial charge in [0, 0.05) is 50.0 Å². The topological polar surface area (TPSA) is 47.5 Å². The van der Waals surface area contributed by atoms with Crippen LogP contribution in [0.4, 0.5) is 0 Å². The fraction of sp³-hybridized carbons (Fsp3) is 0.200. The zero-order valence-electron chi connectivity index (χ0n) is 13.8. The number of hydrogen-bond donors (Lipinski definition) is 0. The molecular weight excluding hydrogens is 314 g/mol. The average molecular weight is 333 g/mol. The van der Waals surface area contributed by atoms with Gasteiger partial charge in [-0.05, 0) is 29.3 Å². The maximum Gasteiger partial charge on any atom is 0.231 e. The van der Waals surface area contributed by atoms with Crippen molar-refractivity contribution in [2.45, 2.75) is 19.6 Å². The number of rotatable bonds is 6. The molecule has 1 aliphatic heterocycles. The fourth-order valence-electron chi connectivity index (χ4n) is 3.02. The summed E-state index contributed by atoms with van der Waals surface area (Å²) >= 11 is 0. The Labute approximate surface area is 146 Å². The first-order chi connectivity index (χ1) is 12.4. The van der Waals surface area contributed by atoms with Gasteiger partial charge in [0.15, 0.2) is 11.5 Å². The van der Waals surface area contributed by atoms with Gasteiger partial charge in [0.1, 0.15) is 0 Å². The van der Waals surface area contributed by atoms with Gasteiger partial charge >= 0.3 is 0 Å². The van der Waals surface area contributed by atoms with Crippen LogP contribution in [0.25, 0.3) is 0 Å². The average Bonchev–Trinajstić information content (AvgIpc) is 3.13. The van der Waals surface area contributed by atoms with Crippen LogP contribution in [0.3, 0.4) is 0 Å². The SMILES string of the molecule is c1cncc(CN(Cc2cccnc2)Cc2cccc3c2OCO3)c1. The molecule has 5 nitrogen and oxygen atoms in total. The van der Waals surface area contributed by atoms with Gasteiger partial charge in [-0.15, -0.1) is 0 Å². The highest BCUT2D eigenvalue weighted by molar-refractivity contribution is 5.48. The van der Waals surface area contributed by atoms with Crippen LogP contribution in [0.2, 0.25) is 0 Å². The van der Waals surface area contributed by atoms with Crippen molar-refractivity contribution in [2.24, 2.45) is 0 Å². The summed E-state index contributed by atoms with van der Waals surface area (Å²) in [5.41, 5.74) is 3.48. The molecule has 0 saturated carbocycles. The maximum atomic E-state index is 5.66. The summed E-state index contributed by atoms with van der Waals surface area (Å²) in [7, 11) is 0. The zero-order chi connectivity index (χ0) is 16.9. The lowest BCUT2D eigenvalue weighted by molar-refractivity contribution is 0.171. The second kappa shape index (κ2) is 7.32. The van der Waals surface area contributed by atoms with E-state index in [0.29, 0.717) is 0 Å². The number of benzene rings is 1. The van der Waals surface area contributed by atoms with E-state index in [-0.39, 0.29) is 6.79 Å². The van der Waals surface area contributed by atoms with Gasteiger partial charge in [-0.25, -0.2) is 0 Å². The molecule has 3 heterocycles. The minimum absolute atomic E-state index is 0.289. The van der Waals surface area contributed by atoms with E-state index in [1.807, 2.05) is 36.7 Å². The molecular formula is C20H19N3O2. The van der Waals surface area contributed by atoms with Crippen molar-refractivity contribution >= 4 is 0 Å². The molecule has 1 aliphatic rings. The van der Waals surface area contributed by atoms with E-state index in [9.17, 15) is 0 Å². The first kappa shape index (κ1) is 15.6. The van der Waals surface area contributed by atoms with Crippen LogP contribution in [0.5, 0.6) is 11.5 Å². The van der Waals surface area contributed by atoms with Gasteiger partial charge in [0.2, 0.25) is 6.79 Å². The van der Waals surface area contributed by atoms with Gasteiger partial charge < -0.3 is 9.47 Å². The Hall–Kier alpha value is -2.92. The van der Waals surface area contributed by atoms with Crippen LogP contribution in [-0.4, -0.2) is 21.7 Å². The second-order valence-corrected chi connectivity index (χ2v) is 6.02. The van der Waals surface area contributed by atoms with Crippen LogP contribution < -0.4 is 9.47 Å². The van der Waals surface area contributed by atoms with E-state index in [1.165, 1.54) is 11.1 Å². The predicted molar refractivity (Wildman–Crippen MR) is 94.0 cm³/mol. The van der Waals surface area contributed by atoms with Crippen LogP contribution in [-0.2, 0) is 19.6 Å². The number of pyridine rings is 2. The third-order valence-corrected chi connectivity index (χ3v) is 4.13. The van der Waals surface area contributed by atoms with Crippen molar-refractivity contribution in [1.82, 2.24) is 14.9 Å². The van der Waals surface area contributed by atoms with E-state index >= 15 is 0 Å². The molecule has 3 aromatic rings. The van der Waals surface area contributed by atoms with Gasteiger partial charge in [0.05, 0.1) is 0 Å². The molecule has 126 valence electrons. The molecule has 0 aliphatic carbocycles. The van der Waals surface area contributed by atoms with Crippen molar-refractivity contribution < 1.29 is 9.47 Å². The molecule has 25 heavy (non-hydrogen) atoms. The molecule has 1 aromatic carbocycles. The fourth-order valence-corrected chi connectivity index (χ4v) is 3.02. The zero-order valence-corrected chi connectivity index (χ0v) is 13.8. The largest absolute Gasteiger partial charge is 0.454 e.